The fourth-order valence-electron chi connectivity index (χ4n) is 4.85. The molecule has 0 aliphatic carbocycles. The Morgan fingerprint density at radius 3 is 2.36 bits per heavy atom. The summed E-state index contributed by atoms with van der Waals surface area (Å²) in [5, 5.41) is 3.76. The van der Waals surface area contributed by atoms with Crippen LogP contribution in [-0.4, -0.2) is 79.5 Å². The van der Waals surface area contributed by atoms with E-state index in [0.717, 1.165) is 63.2 Å². The van der Waals surface area contributed by atoms with Gasteiger partial charge in [-0.1, -0.05) is 30.3 Å². The van der Waals surface area contributed by atoms with E-state index < -0.39 is 0 Å². The van der Waals surface area contributed by atoms with Crippen LogP contribution in [0.15, 0.2) is 54.6 Å². The van der Waals surface area contributed by atoms with E-state index in [4.69, 9.17) is 0 Å². The minimum absolute atomic E-state index is 0.112. The molecule has 0 bridgehead atoms. The van der Waals surface area contributed by atoms with Gasteiger partial charge in [0.25, 0.3) is 5.91 Å². The number of nitrogens with zero attached hydrogens (tertiary/aromatic N) is 3. The first-order chi connectivity index (χ1) is 16.0. The second-order valence-corrected chi connectivity index (χ2v) is 9.46. The lowest BCUT2D eigenvalue weighted by molar-refractivity contribution is 0.0773. The average molecular weight is 451 g/mol. The molecule has 1 fully saturated rings. The van der Waals surface area contributed by atoms with Gasteiger partial charge in [0, 0.05) is 43.0 Å². The second-order valence-electron chi connectivity index (χ2n) is 9.46. The van der Waals surface area contributed by atoms with Gasteiger partial charge in [-0.25, -0.2) is 0 Å². The van der Waals surface area contributed by atoms with Crippen LogP contribution in [0.1, 0.15) is 49.0 Å². The summed E-state index contributed by atoms with van der Waals surface area (Å²) in [6.07, 6.45) is 4.58. The number of rotatable bonds is 11. The number of likely N-dealkylation sites (tertiary alicyclic amines) is 1. The van der Waals surface area contributed by atoms with Gasteiger partial charge in [0.2, 0.25) is 0 Å². The third kappa shape index (κ3) is 7.58. The fourth-order valence-corrected chi connectivity index (χ4v) is 4.85. The van der Waals surface area contributed by atoms with Crippen molar-refractivity contribution in [3.8, 4) is 0 Å². The number of anilines is 1. The monoisotopic (exact) mass is 450 g/mol. The maximum absolute atomic E-state index is 12.6. The lowest BCUT2D eigenvalue weighted by Gasteiger charge is -2.40. The smallest absolute Gasteiger partial charge is 0.253 e. The molecule has 0 spiro atoms. The predicted octanol–water partition coefficient (Wildman–Crippen LogP) is 4.61. The van der Waals surface area contributed by atoms with Crippen molar-refractivity contribution in [3.63, 3.8) is 0 Å². The number of benzene rings is 2. The molecule has 5 heteroatoms. The minimum atomic E-state index is 0.112. The van der Waals surface area contributed by atoms with Gasteiger partial charge < -0.3 is 15.1 Å². The zero-order valence-corrected chi connectivity index (χ0v) is 21.0. The summed E-state index contributed by atoms with van der Waals surface area (Å²) in [5.41, 5.74) is 3.29. The Bertz CT molecular complexity index is 833. The molecule has 2 atom stereocenters. The van der Waals surface area contributed by atoms with Crippen LogP contribution in [-0.2, 0) is 6.42 Å². The molecule has 180 valence electrons. The molecule has 1 aliphatic rings. The van der Waals surface area contributed by atoms with Crippen LogP contribution in [0.3, 0.4) is 0 Å². The first kappa shape index (κ1) is 25.3. The van der Waals surface area contributed by atoms with Crippen molar-refractivity contribution in [1.29, 1.82) is 0 Å². The highest BCUT2D eigenvalue weighted by Gasteiger charge is 2.28. The van der Waals surface area contributed by atoms with Crippen molar-refractivity contribution in [2.75, 3.05) is 52.1 Å². The van der Waals surface area contributed by atoms with E-state index in [1.54, 1.807) is 0 Å². The lowest BCUT2D eigenvalue weighted by atomic mass is 9.91. The fraction of sp³-hybridized carbons (Fsp3) is 0.536. The highest BCUT2D eigenvalue weighted by atomic mass is 16.2. The van der Waals surface area contributed by atoms with E-state index in [2.05, 4.69) is 71.7 Å². The summed E-state index contributed by atoms with van der Waals surface area (Å²) < 4.78 is 0. The van der Waals surface area contributed by atoms with Gasteiger partial charge in [0.15, 0.2) is 0 Å². The number of amides is 1. The van der Waals surface area contributed by atoms with E-state index in [1.165, 1.54) is 12.0 Å². The van der Waals surface area contributed by atoms with Gasteiger partial charge in [-0.3, -0.25) is 9.69 Å². The Morgan fingerprint density at radius 2 is 1.73 bits per heavy atom. The van der Waals surface area contributed by atoms with Crippen LogP contribution in [0.2, 0.25) is 0 Å². The molecule has 3 rings (SSSR count). The molecular weight excluding hydrogens is 408 g/mol. The Morgan fingerprint density at radius 1 is 1.03 bits per heavy atom. The molecule has 1 N–H and O–H groups in total. The maximum atomic E-state index is 12.6. The Kier molecular flexibility index (Phi) is 9.76. The molecule has 0 radical (unpaired) electrons. The molecule has 2 unspecified atom stereocenters. The van der Waals surface area contributed by atoms with Crippen LogP contribution in [0.4, 0.5) is 5.69 Å². The van der Waals surface area contributed by atoms with Crippen molar-refractivity contribution >= 4 is 11.6 Å². The molecule has 1 aliphatic heterocycles. The van der Waals surface area contributed by atoms with Gasteiger partial charge in [-0.2, -0.15) is 0 Å². The average Bonchev–Trinajstić information content (AvgIpc) is 2.82. The normalized spacial score (nSPS) is 18.9. The van der Waals surface area contributed by atoms with E-state index in [-0.39, 0.29) is 5.91 Å². The first-order valence-electron chi connectivity index (χ1n) is 12.6. The molecule has 2 aromatic carbocycles. The second kappa shape index (κ2) is 12.8. The Labute approximate surface area is 200 Å². The van der Waals surface area contributed by atoms with Crippen LogP contribution in [0.25, 0.3) is 0 Å². The molecule has 0 aromatic heterocycles. The predicted molar refractivity (Wildman–Crippen MR) is 139 cm³/mol. The van der Waals surface area contributed by atoms with Crippen LogP contribution >= 0.6 is 0 Å². The highest BCUT2D eigenvalue weighted by molar-refractivity contribution is 5.94. The molecule has 1 heterocycles. The van der Waals surface area contributed by atoms with Crippen molar-refractivity contribution in [2.45, 2.75) is 51.6 Å². The van der Waals surface area contributed by atoms with Crippen molar-refractivity contribution in [3.05, 3.63) is 65.7 Å². The van der Waals surface area contributed by atoms with Crippen LogP contribution < -0.4 is 5.32 Å². The zero-order valence-electron chi connectivity index (χ0n) is 21.0. The topological polar surface area (TPSA) is 38.8 Å². The summed E-state index contributed by atoms with van der Waals surface area (Å²) in [6.45, 7) is 8.95. The Hall–Kier alpha value is -2.37. The van der Waals surface area contributed by atoms with Gasteiger partial charge in [-0.15, -0.1) is 0 Å². The number of nitrogens with one attached hydrogen (secondary N) is 1. The van der Waals surface area contributed by atoms with Gasteiger partial charge >= 0.3 is 0 Å². The third-order valence-electron chi connectivity index (χ3n) is 6.76. The molecular formula is C28H42N4O. The number of hydrogen-bond acceptors (Lipinski definition) is 4. The molecule has 5 nitrogen and oxygen atoms in total. The summed E-state index contributed by atoms with van der Waals surface area (Å²) in [6, 6.07) is 19.9. The van der Waals surface area contributed by atoms with E-state index in [9.17, 15) is 4.79 Å². The number of carbonyl (C=O) groups is 1. The third-order valence-corrected chi connectivity index (χ3v) is 6.76. The van der Waals surface area contributed by atoms with Crippen molar-refractivity contribution in [2.24, 2.45) is 0 Å². The zero-order chi connectivity index (χ0) is 23.6. The first-order valence-corrected chi connectivity index (χ1v) is 12.6. The summed E-state index contributed by atoms with van der Waals surface area (Å²) in [4.78, 5) is 19.4. The number of hydrogen-bond donors (Lipinski definition) is 1. The lowest BCUT2D eigenvalue weighted by Crippen LogP contribution is -2.48. The standard InChI is InChI=1S/C28H42N4O/c1-5-31(6-2)28(33)24-13-15-25(16-14-24)29-26-17-20-32(19-10-18-30(3)4)27(22-26)21-23-11-8-7-9-12-23/h7-9,11-16,26-27,29H,5-6,10,17-22H2,1-4H3. The van der Waals surface area contributed by atoms with Gasteiger partial charge in [0.1, 0.15) is 0 Å². The number of piperidine rings is 1. The SMILES string of the molecule is CCN(CC)C(=O)c1ccc(NC2CCN(CCCN(C)C)C(Cc3ccccc3)C2)cc1. The maximum Gasteiger partial charge on any atom is 0.253 e. The quantitative estimate of drug-likeness (QED) is 0.543. The molecule has 2 aromatic rings. The summed E-state index contributed by atoms with van der Waals surface area (Å²) >= 11 is 0. The van der Waals surface area contributed by atoms with Gasteiger partial charge in [0.05, 0.1) is 0 Å². The van der Waals surface area contributed by atoms with Crippen molar-refractivity contribution < 1.29 is 4.79 Å². The largest absolute Gasteiger partial charge is 0.382 e. The van der Waals surface area contributed by atoms with Crippen LogP contribution in [0, 0.1) is 0 Å². The highest BCUT2D eigenvalue weighted by Crippen LogP contribution is 2.25. The van der Waals surface area contributed by atoms with Crippen LogP contribution in [0.5, 0.6) is 0 Å². The molecule has 0 saturated carbocycles. The van der Waals surface area contributed by atoms with Crippen molar-refractivity contribution in [1.82, 2.24) is 14.7 Å². The Balaban J connectivity index is 1.62. The molecule has 33 heavy (non-hydrogen) atoms. The minimum Gasteiger partial charge on any atom is -0.382 e. The number of carbonyl (C=O) groups excluding carboxylic acids is 1. The molecule has 1 amide bonds. The molecule has 1 saturated heterocycles. The van der Waals surface area contributed by atoms with Gasteiger partial charge in [-0.05, 0) is 96.5 Å². The van der Waals surface area contributed by atoms with E-state index in [0.29, 0.717) is 12.1 Å². The summed E-state index contributed by atoms with van der Waals surface area (Å²) in [5.74, 6) is 0.112. The van der Waals surface area contributed by atoms with E-state index in [1.807, 2.05) is 30.9 Å². The van der Waals surface area contributed by atoms with E-state index >= 15 is 0 Å². The summed E-state index contributed by atoms with van der Waals surface area (Å²) in [7, 11) is 4.30.